The summed E-state index contributed by atoms with van der Waals surface area (Å²) in [6.07, 6.45) is 20.4. The second kappa shape index (κ2) is 8.87. The Morgan fingerprint density at radius 2 is 1.17 bits per heavy atom. The van der Waals surface area contributed by atoms with Crippen molar-refractivity contribution in [3.8, 4) is 0 Å². The van der Waals surface area contributed by atoms with Crippen molar-refractivity contribution in [3.63, 3.8) is 0 Å². The molecule has 0 spiro atoms. The van der Waals surface area contributed by atoms with Crippen LogP contribution in [0.5, 0.6) is 0 Å². The molecule has 0 bridgehead atoms. The van der Waals surface area contributed by atoms with Crippen molar-refractivity contribution < 1.29 is 0 Å². The minimum Gasteiger partial charge on any atom is -0.329 e. The van der Waals surface area contributed by atoms with E-state index >= 15 is 0 Å². The van der Waals surface area contributed by atoms with Gasteiger partial charge in [-0.05, 0) is 37.1 Å². The highest BCUT2D eigenvalue weighted by atomic mass is 15.2. The van der Waals surface area contributed by atoms with Crippen LogP contribution in [0.25, 0.3) is 0 Å². The zero-order chi connectivity index (χ0) is 17.4. The third-order valence-electron chi connectivity index (χ3n) is 3.48. The van der Waals surface area contributed by atoms with E-state index < -0.39 is 0 Å². The number of rotatable bonds is 0. The lowest BCUT2D eigenvalue weighted by Crippen LogP contribution is -2.20. The summed E-state index contributed by atoms with van der Waals surface area (Å²) in [6, 6.07) is 0. The lowest BCUT2D eigenvalue weighted by Gasteiger charge is -2.24. The van der Waals surface area contributed by atoms with Crippen LogP contribution in [0.2, 0.25) is 0 Å². The zero-order valence-corrected chi connectivity index (χ0v) is 15.0. The molecule has 24 heavy (non-hydrogen) atoms. The summed E-state index contributed by atoms with van der Waals surface area (Å²) < 4.78 is 0. The predicted octanol–water partition coefficient (Wildman–Crippen LogP) is 4.40. The van der Waals surface area contributed by atoms with Crippen molar-refractivity contribution in [1.29, 1.82) is 0 Å². The molecule has 0 unspecified atom stereocenters. The van der Waals surface area contributed by atoms with Crippen LogP contribution in [-0.2, 0) is 0 Å². The number of aliphatic imine (C=N–C) groups is 2. The summed E-state index contributed by atoms with van der Waals surface area (Å²) in [5.41, 5.74) is 2.41. The molecular formula is C20H26N4. The van der Waals surface area contributed by atoms with E-state index in [1.807, 2.05) is 50.6 Å². The van der Waals surface area contributed by atoms with Gasteiger partial charge in [0.15, 0.2) is 0 Å². The molecule has 4 aliphatic rings. The third kappa shape index (κ3) is 4.69. The van der Waals surface area contributed by atoms with Gasteiger partial charge in [-0.2, -0.15) is 0 Å². The number of fused-ring (bicyclic) bond motifs is 2. The predicted molar refractivity (Wildman–Crippen MR) is 104 cm³/mol. The molecule has 0 aromatic carbocycles. The molecule has 0 saturated carbocycles. The summed E-state index contributed by atoms with van der Waals surface area (Å²) >= 11 is 0. The number of hydrogen-bond donors (Lipinski definition) is 0. The molecule has 0 aromatic heterocycles. The summed E-state index contributed by atoms with van der Waals surface area (Å²) in [7, 11) is 0. The Balaban J connectivity index is 0.000000158. The van der Waals surface area contributed by atoms with E-state index in [0.717, 1.165) is 24.7 Å². The van der Waals surface area contributed by atoms with Gasteiger partial charge in [0.1, 0.15) is 11.6 Å². The molecule has 0 saturated heterocycles. The lowest BCUT2D eigenvalue weighted by atomic mass is 10.2. The first-order valence-electron chi connectivity index (χ1n) is 8.44. The molecule has 0 N–H and O–H groups in total. The van der Waals surface area contributed by atoms with Crippen molar-refractivity contribution >= 4 is 12.4 Å². The monoisotopic (exact) mass is 322 g/mol. The second-order valence-electron chi connectivity index (χ2n) is 5.47. The minimum absolute atomic E-state index is 0.945. The topological polar surface area (TPSA) is 31.2 Å². The maximum Gasteiger partial charge on any atom is 0.132 e. The quantitative estimate of drug-likeness (QED) is 0.662. The first-order valence-corrected chi connectivity index (χ1v) is 8.44. The van der Waals surface area contributed by atoms with Crippen molar-refractivity contribution in [1.82, 2.24) is 9.80 Å². The maximum atomic E-state index is 4.27. The van der Waals surface area contributed by atoms with Crippen molar-refractivity contribution in [2.75, 3.05) is 13.1 Å². The Kier molecular flexibility index (Phi) is 6.55. The van der Waals surface area contributed by atoms with Gasteiger partial charge in [0.05, 0.1) is 0 Å². The van der Waals surface area contributed by atoms with Gasteiger partial charge < -0.3 is 9.80 Å². The second-order valence-corrected chi connectivity index (χ2v) is 5.47. The van der Waals surface area contributed by atoms with Crippen molar-refractivity contribution in [2.45, 2.75) is 27.7 Å². The maximum absolute atomic E-state index is 4.27. The Bertz CT molecular complexity index is 624. The summed E-state index contributed by atoms with van der Waals surface area (Å²) in [5, 5.41) is 0. The highest BCUT2D eigenvalue weighted by Crippen LogP contribution is 2.17. The van der Waals surface area contributed by atoms with Crippen molar-refractivity contribution in [2.24, 2.45) is 9.98 Å². The van der Waals surface area contributed by atoms with E-state index in [2.05, 4.69) is 58.2 Å². The van der Waals surface area contributed by atoms with Gasteiger partial charge in [-0.15, -0.1) is 0 Å². The lowest BCUT2D eigenvalue weighted by molar-refractivity contribution is 0.498. The standard InChI is InChI=1S/2C9H10N2.C2H6/c2*1-8-6-10-9-4-2-3-5-11(9)7-8;1-2/h2*2-4,6-7H,5H2,1H3;1-2H3. The molecule has 0 fully saturated rings. The van der Waals surface area contributed by atoms with Crippen LogP contribution in [0.3, 0.4) is 0 Å². The number of nitrogens with zero attached hydrogens (tertiary/aromatic N) is 4. The molecule has 4 rings (SSSR count). The van der Waals surface area contributed by atoms with Crippen LogP contribution in [0.15, 0.2) is 81.6 Å². The fraction of sp³-hybridized carbons (Fsp3) is 0.300. The van der Waals surface area contributed by atoms with E-state index in [0.29, 0.717) is 0 Å². The molecule has 4 heterocycles. The van der Waals surface area contributed by atoms with Crippen LogP contribution < -0.4 is 0 Å². The van der Waals surface area contributed by atoms with E-state index in [9.17, 15) is 0 Å². The zero-order valence-electron chi connectivity index (χ0n) is 15.0. The highest BCUT2D eigenvalue weighted by Gasteiger charge is 2.10. The fourth-order valence-corrected chi connectivity index (χ4v) is 2.40. The average molecular weight is 322 g/mol. The van der Waals surface area contributed by atoms with E-state index in [-0.39, 0.29) is 0 Å². The van der Waals surface area contributed by atoms with Crippen LogP contribution in [0.4, 0.5) is 0 Å². The molecular weight excluding hydrogens is 296 g/mol. The number of hydrogen-bond acceptors (Lipinski definition) is 4. The fourth-order valence-electron chi connectivity index (χ4n) is 2.40. The first kappa shape index (κ1) is 17.7. The minimum atomic E-state index is 0.945. The molecule has 4 aliphatic heterocycles. The Hall–Kier alpha value is -2.62. The Labute approximate surface area is 145 Å². The SMILES string of the molecule is CC.CC1=CN2CC=CC=C2N=C1.CC1=CN2CC=CC=C2N=C1. The first-order chi connectivity index (χ1) is 11.7. The molecule has 0 amide bonds. The molecule has 4 nitrogen and oxygen atoms in total. The highest BCUT2D eigenvalue weighted by molar-refractivity contribution is 5.80. The Morgan fingerprint density at radius 3 is 1.58 bits per heavy atom. The molecule has 126 valence electrons. The average Bonchev–Trinajstić information content (AvgIpc) is 2.64. The third-order valence-corrected chi connectivity index (χ3v) is 3.48. The van der Waals surface area contributed by atoms with Crippen LogP contribution in [0, 0.1) is 0 Å². The Morgan fingerprint density at radius 1 is 0.750 bits per heavy atom. The van der Waals surface area contributed by atoms with Gasteiger partial charge in [-0.25, -0.2) is 9.98 Å². The summed E-state index contributed by atoms with van der Waals surface area (Å²) in [5.74, 6) is 2.08. The molecule has 0 radical (unpaired) electrons. The van der Waals surface area contributed by atoms with Crippen LogP contribution in [0.1, 0.15) is 27.7 Å². The summed E-state index contributed by atoms with van der Waals surface area (Å²) in [4.78, 5) is 12.8. The molecule has 0 atom stereocenters. The van der Waals surface area contributed by atoms with Gasteiger partial charge >= 0.3 is 0 Å². The van der Waals surface area contributed by atoms with E-state index in [4.69, 9.17) is 0 Å². The molecule has 0 aliphatic carbocycles. The number of allylic oxidation sites excluding steroid dienone is 6. The molecule has 4 heteroatoms. The van der Waals surface area contributed by atoms with Crippen molar-refractivity contribution in [3.05, 3.63) is 71.6 Å². The smallest absolute Gasteiger partial charge is 0.132 e. The summed E-state index contributed by atoms with van der Waals surface area (Å²) in [6.45, 7) is 10.00. The largest absolute Gasteiger partial charge is 0.329 e. The van der Waals surface area contributed by atoms with Gasteiger partial charge in [-0.3, -0.25) is 0 Å². The van der Waals surface area contributed by atoms with E-state index in [1.54, 1.807) is 0 Å². The van der Waals surface area contributed by atoms with E-state index in [1.165, 1.54) is 11.1 Å². The molecule has 0 aromatic rings. The normalized spacial score (nSPS) is 19.5. The van der Waals surface area contributed by atoms with Gasteiger partial charge in [0.25, 0.3) is 0 Å². The van der Waals surface area contributed by atoms with Gasteiger partial charge in [-0.1, -0.05) is 38.2 Å². The van der Waals surface area contributed by atoms with Gasteiger partial charge in [0, 0.05) is 37.9 Å². The van der Waals surface area contributed by atoms with Crippen LogP contribution in [-0.4, -0.2) is 35.3 Å². The van der Waals surface area contributed by atoms with Crippen LogP contribution >= 0.6 is 0 Å². The van der Waals surface area contributed by atoms with Gasteiger partial charge in [0.2, 0.25) is 0 Å².